The van der Waals surface area contributed by atoms with Crippen molar-refractivity contribution in [1.29, 1.82) is 0 Å². The fourth-order valence-corrected chi connectivity index (χ4v) is 2.70. The Morgan fingerprint density at radius 3 is 2.78 bits per heavy atom. The van der Waals surface area contributed by atoms with Crippen LogP contribution < -0.4 is 0 Å². The molecule has 0 amide bonds. The number of aromatic nitrogens is 1. The van der Waals surface area contributed by atoms with Crippen LogP contribution in [0.5, 0.6) is 0 Å². The molecule has 0 radical (unpaired) electrons. The zero-order valence-electron chi connectivity index (χ0n) is 9.35. The van der Waals surface area contributed by atoms with E-state index in [1.807, 2.05) is 30.3 Å². The largest absolute Gasteiger partial charge is 0.455 e. The molecule has 0 saturated carbocycles. The van der Waals surface area contributed by atoms with Crippen LogP contribution in [0.2, 0.25) is 0 Å². The third kappa shape index (κ3) is 1.31. The monoisotopic (exact) mass is 297 g/mol. The molecule has 0 fully saturated rings. The smallest absolute Gasteiger partial charge is 0.144 e. The van der Waals surface area contributed by atoms with E-state index in [-0.39, 0.29) is 0 Å². The molecule has 4 aromatic rings. The summed E-state index contributed by atoms with van der Waals surface area (Å²) in [6.45, 7) is 0. The lowest BCUT2D eigenvalue weighted by Crippen LogP contribution is -1.76. The molecule has 18 heavy (non-hydrogen) atoms. The highest BCUT2D eigenvalue weighted by molar-refractivity contribution is 9.10. The Labute approximate surface area is 111 Å². The van der Waals surface area contributed by atoms with E-state index in [0.717, 1.165) is 37.3 Å². The van der Waals surface area contributed by atoms with E-state index in [9.17, 15) is 0 Å². The van der Waals surface area contributed by atoms with Crippen molar-refractivity contribution in [3.63, 3.8) is 0 Å². The van der Waals surface area contributed by atoms with Gasteiger partial charge in [-0.2, -0.15) is 0 Å². The van der Waals surface area contributed by atoms with Gasteiger partial charge in [0.25, 0.3) is 0 Å². The molecule has 3 heteroatoms. The molecule has 0 unspecified atom stereocenters. The Morgan fingerprint density at radius 2 is 1.83 bits per heavy atom. The third-order valence-corrected chi connectivity index (χ3v) is 3.67. The highest BCUT2D eigenvalue weighted by Gasteiger charge is 2.10. The van der Waals surface area contributed by atoms with Gasteiger partial charge < -0.3 is 4.42 Å². The predicted molar refractivity (Wildman–Crippen MR) is 76.7 cm³/mol. The summed E-state index contributed by atoms with van der Waals surface area (Å²) in [5.74, 6) is 0. The van der Waals surface area contributed by atoms with Crippen LogP contribution in [0.3, 0.4) is 0 Å². The molecule has 0 bridgehead atoms. The number of fused-ring (bicyclic) bond motifs is 5. The molecule has 0 aliphatic heterocycles. The predicted octanol–water partition coefficient (Wildman–Crippen LogP) is 4.90. The normalized spacial score (nSPS) is 11.6. The lowest BCUT2D eigenvalue weighted by molar-refractivity contribution is 0.672. The summed E-state index contributed by atoms with van der Waals surface area (Å²) in [5, 5.41) is 3.33. The van der Waals surface area contributed by atoms with Crippen LogP contribution in [-0.2, 0) is 0 Å². The summed E-state index contributed by atoms with van der Waals surface area (Å²) in [4.78, 5) is 4.35. The molecule has 0 spiro atoms. The maximum atomic E-state index is 5.98. The molecular weight excluding hydrogens is 290 g/mol. The van der Waals surface area contributed by atoms with Crippen molar-refractivity contribution in [2.45, 2.75) is 0 Å². The van der Waals surface area contributed by atoms with Crippen molar-refractivity contribution in [3.8, 4) is 0 Å². The average Bonchev–Trinajstić information content (AvgIpc) is 2.76. The van der Waals surface area contributed by atoms with Crippen molar-refractivity contribution < 1.29 is 4.42 Å². The fraction of sp³-hybridized carbons (Fsp3) is 0. The minimum atomic E-state index is 0.899. The van der Waals surface area contributed by atoms with Crippen molar-refractivity contribution in [1.82, 2.24) is 4.98 Å². The lowest BCUT2D eigenvalue weighted by Gasteiger charge is -1.96. The minimum Gasteiger partial charge on any atom is -0.455 e. The molecule has 0 atom stereocenters. The SMILES string of the molecule is Brc1ccc2c(c1)oc1c3cccnc3ccc21. The number of furan rings is 1. The third-order valence-electron chi connectivity index (χ3n) is 3.18. The number of hydrogen-bond acceptors (Lipinski definition) is 2. The molecule has 0 aliphatic carbocycles. The number of pyridine rings is 1. The molecule has 0 aliphatic rings. The average molecular weight is 298 g/mol. The summed E-state index contributed by atoms with van der Waals surface area (Å²) >= 11 is 3.47. The lowest BCUT2D eigenvalue weighted by atomic mass is 10.1. The molecule has 2 aromatic heterocycles. The number of benzene rings is 2. The standard InChI is InChI=1S/C15H8BrNO/c16-9-3-4-10-11-5-6-13-12(2-1-7-17-13)15(11)18-14(10)8-9/h1-8H. The molecule has 2 nitrogen and oxygen atoms in total. The Hall–Kier alpha value is -1.87. The van der Waals surface area contributed by atoms with Gasteiger partial charge in [-0.05, 0) is 42.5 Å². The number of nitrogens with zero attached hydrogens (tertiary/aromatic N) is 1. The van der Waals surface area contributed by atoms with E-state index in [2.05, 4.69) is 33.0 Å². The minimum absolute atomic E-state index is 0.899. The Bertz CT molecular complexity index is 895. The van der Waals surface area contributed by atoms with Gasteiger partial charge in [0.2, 0.25) is 0 Å². The first-order valence-corrected chi connectivity index (χ1v) is 6.48. The van der Waals surface area contributed by atoms with Gasteiger partial charge in [0, 0.05) is 26.8 Å². The van der Waals surface area contributed by atoms with Crippen LogP contribution in [0.15, 0.2) is 57.6 Å². The van der Waals surface area contributed by atoms with Gasteiger partial charge in [-0.25, -0.2) is 0 Å². The van der Waals surface area contributed by atoms with Gasteiger partial charge in [0.15, 0.2) is 0 Å². The summed E-state index contributed by atoms with van der Waals surface area (Å²) in [7, 11) is 0. The van der Waals surface area contributed by atoms with Gasteiger partial charge in [0.05, 0.1) is 5.52 Å². The second-order valence-electron chi connectivity index (χ2n) is 4.25. The summed E-state index contributed by atoms with van der Waals surface area (Å²) < 4.78 is 7.00. The second kappa shape index (κ2) is 3.56. The Balaban J connectivity index is 2.29. The van der Waals surface area contributed by atoms with Crippen LogP contribution in [0, 0.1) is 0 Å². The summed E-state index contributed by atoms with van der Waals surface area (Å²) in [5.41, 5.74) is 2.77. The van der Waals surface area contributed by atoms with Crippen LogP contribution in [0.1, 0.15) is 0 Å². The van der Waals surface area contributed by atoms with E-state index in [1.165, 1.54) is 0 Å². The Morgan fingerprint density at radius 1 is 0.944 bits per heavy atom. The highest BCUT2D eigenvalue weighted by Crippen LogP contribution is 2.34. The van der Waals surface area contributed by atoms with E-state index in [1.54, 1.807) is 6.20 Å². The molecule has 0 N–H and O–H groups in total. The maximum absolute atomic E-state index is 5.98. The van der Waals surface area contributed by atoms with Crippen LogP contribution in [-0.4, -0.2) is 4.98 Å². The van der Waals surface area contributed by atoms with E-state index in [4.69, 9.17) is 4.42 Å². The van der Waals surface area contributed by atoms with Gasteiger partial charge in [0.1, 0.15) is 11.2 Å². The van der Waals surface area contributed by atoms with Crippen molar-refractivity contribution >= 4 is 48.8 Å². The molecule has 2 aromatic carbocycles. The van der Waals surface area contributed by atoms with Gasteiger partial charge in [-0.15, -0.1) is 0 Å². The van der Waals surface area contributed by atoms with Crippen molar-refractivity contribution in [3.05, 3.63) is 53.1 Å². The molecule has 2 heterocycles. The Kier molecular flexibility index (Phi) is 2.00. The second-order valence-corrected chi connectivity index (χ2v) is 5.17. The van der Waals surface area contributed by atoms with E-state index in [0.29, 0.717) is 0 Å². The fourth-order valence-electron chi connectivity index (χ4n) is 2.36. The van der Waals surface area contributed by atoms with Crippen LogP contribution in [0.4, 0.5) is 0 Å². The molecule has 0 saturated heterocycles. The number of rotatable bonds is 0. The number of hydrogen-bond donors (Lipinski definition) is 0. The highest BCUT2D eigenvalue weighted by atomic mass is 79.9. The van der Waals surface area contributed by atoms with E-state index < -0.39 is 0 Å². The first-order valence-electron chi connectivity index (χ1n) is 5.68. The zero-order valence-corrected chi connectivity index (χ0v) is 10.9. The number of halogens is 1. The van der Waals surface area contributed by atoms with Gasteiger partial charge in [-0.1, -0.05) is 15.9 Å². The first kappa shape index (κ1) is 10.1. The van der Waals surface area contributed by atoms with Crippen LogP contribution >= 0.6 is 15.9 Å². The maximum Gasteiger partial charge on any atom is 0.144 e. The summed E-state index contributed by atoms with van der Waals surface area (Å²) in [6.07, 6.45) is 1.80. The topological polar surface area (TPSA) is 26.0 Å². The van der Waals surface area contributed by atoms with E-state index >= 15 is 0 Å². The van der Waals surface area contributed by atoms with Gasteiger partial charge in [-0.3, -0.25) is 4.98 Å². The zero-order chi connectivity index (χ0) is 12.1. The first-order chi connectivity index (χ1) is 8.83. The molecule has 4 rings (SSSR count). The quantitative estimate of drug-likeness (QED) is 0.461. The van der Waals surface area contributed by atoms with Crippen molar-refractivity contribution in [2.75, 3.05) is 0 Å². The molecular formula is C15H8BrNO. The summed E-state index contributed by atoms with van der Waals surface area (Å²) in [6, 6.07) is 14.2. The molecule has 86 valence electrons. The van der Waals surface area contributed by atoms with Crippen molar-refractivity contribution in [2.24, 2.45) is 0 Å². The van der Waals surface area contributed by atoms with Crippen LogP contribution in [0.25, 0.3) is 32.8 Å². The van der Waals surface area contributed by atoms with Gasteiger partial charge >= 0.3 is 0 Å².